The van der Waals surface area contributed by atoms with Gasteiger partial charge < -0.3 is 15.1 Å². The van der Waals surface area contributed by atoms with Gasteiger partial charge in [-0.25, -0.2) is 0 Å². The molecule has 1 aliphatic rings. The Balaban J connectivity index is 2.27. The van der Waals surface area contributed by atoms with Crippen molar-refractivity contribution in [3.63, 3.8) is 0 Å². The highest BCUT2D eigenvalue weighted by molar-refractivity contribution is 9.10. The lowest BCUT2D eigenvalue weighted by molar-refractivity contribution is 0.316. The summed E-state index contributed by atoms with van der Waals surface area (Å²) in [6.07, 6.45) is 0. The van der Waals surface area contributed by atoms with Crippen molar-refractivity contribution in [1.29, 1.82) is 0 Å². The van der Waals surface area contributed by atoms with E-state index in [0.717, 1.165) is 19.6 Å². The van der Waals surface area contributed by atoms with Crippen molar-refractivity contribution in [3.05, 3.63) is 28.2 Å². The van der Waals surface area contributed by atoms with E-state index in [0.29, 0.717) is 12.1 Å². The molecule has 3 nitrogen and oxygen atoms in total. The molecule has 1 N–H and O–H groups in total. The van der Waals surface area contributed by atoms with E-state index in [-0.39, 0.29) is 0 Å². The Labute approximate surface area is 125 Å². The minimum atomic E-state index is 0.527. The van der Waals surface area contributed by atoms with E-state index in [1.807, 2.05) is 0 Å². The van der Waals surface area contributed by atoms with E-state index in [2.05, 4.69) is 77.2 Å². The minimum Gasteiger partial charge on any atom is -0.362 e. The summed E-state index contributed by atoms with van der Waals surface area (Å²) < 4.78 is 1.18. The smallest absolute Gasteiger partial charge is 0.0544 e. The van der Waals surface area contributed by atoms with Crippen LogP contribution in [0.4, 0.5) is 5.69 Å². The van der Waals surface area contributed by atoms with Crippen LogP contribution in [-0.2, 0) is 0 Å². The number of piperazine rings is 1. The summed E-state index contributed by atoms with van der Waals surface area (Å²) in [5, 5.41) is 3.54. The highest BCUT2D eigenvalue weighted by Gasteiger charge is 2.28. The van der Waals surface area contributed by atoms with Crippen LogP contribution >= 0.6 is 15.9 Å². The molecule has 1 aromatic rings. The van der Waals surface area contributed by atoms with Crippen LogP contribution in [0.2, 0.25) is 0 Å². The Hall–Kier alpha value is -0.580. The van der Waals surface area contributed by atoms with Crippen molar-refractivity contribution in [1.82, 2.24) is 10.2 Å². The Kier molecular flexibility index (Phi) is 4.87. The number of likely N-dealkylation sites (N-methyl/N-ethyl adjacent to an activating group) is 1. The van der Waals surface area contributed by atoms with E-state index >= 15 is 0 Å². The van der Waals surface area contributed by atoms with Crippen LogP contribution in [-0.4, -0.2) is 50.7 Å². The fourth-order valence-electron chi connectivity index (χ4n) is 2.84. The lowest BCUT2D eigenvalue weighted by Gasteiger charge is -2.44. The SMILES string of the molecule is Cc1cc(N2C(C)CNCC2CN(C)C)ccc1Br. The maximum atomic E-state index is 3.58. The number of nitrogens with one attached hydrogen (secondary N) is 1. The van der Waals surface area contributed by atoms with Gasteiger partial charge in [0.15, 0.2) is 0 Å². The summed E-state index contributed by atoms with van der Waals surface area (Å²) in [5.41, 5.74) is 2.63. The normalized spacial score (nSPS) is 24.0. The molecule has 106 valence electrons. The molecular weight excluding hydrogens is 302 g/mol. The molecule has 1 fully saturated rings. The van der Waals surface area contributed by atoms with Gasteiger partial charge >= 0.3 is 0 Å². The van der Waals surface area contributed by atoms with E-state index < -0.39 is 0 Å². The van der Waals surface area contributed by atoms with Crippen LogP contribution in [0, 0.1) is 6.92 Å². The molecule has 2 atom stereocenters. The van der Waals surface area contributed by atoms with Gasteiger partial charge in [0.2, 0.25) is 0 Å². The van der Waals surface area contributed by atoms with Crippen molar-refractivity contribution in [3.8, 4) is 0 Å². The van der Waals surface area contributed by atoms with E-state index in [9.17, 15) is 0 Å². The zero-order valence-corrected chi connectivity index (χ0v) is 13.9. The van der Waals surface area contributed by atoms with Crippen molar-refractivity contribution < 1.29 is 0 Å². The molecule has 0 saturated carbocycles. The van der Waals surface area contributed by atoms with Gasteiger partial charge in [0, 0.05) is 35.8 Å². The Bertz CT molecular complexity index is 433. The zero-order chi connectivity index (χ0) is 14.0. The van der Waals surface area contributed by atoms with Crippen molar-refractivity contribution in [2.75, 3.05) is 38.6 Å². The summed E-state index contributed by atoms with van der Waals surface area (Å²) in [7, 11) is 4.29. The standard InChI is InChI=1S/C15H24BrN3/c1-11-7-13(5-6-15(11)16)19-12(2)8-17-9-14(19)10-18(3)4/h5-7,12,14,17H,8-10H2,1-4H3. The third-order valence-corrected chi connectivity index (χ3v) is 4.59. The second-order valence-electron chi connectivity index (χ2n) is 5.76. The van der Waals surface area contributed by atoms with Crippen LogP contribution < -0.4 is 10.2 Å². The highest BCUT2D eigenvalue weighted by atomic mass is 79.9. The summed E-state index contributed by atoms with van der Waals surface area (Å²) >= 11 is 3.58. The quantitative estimate of drug-likeness (QED) is 0.921. The van der Waals surface area contributed by atoms with Crippen LogP contribution in [0.25, 0.3) is 0 Å². The Morgan fingerprint density at radius 1 is 1.37 bits per heavy atom. The number of hydrogen-bond acceptors (Lipinski definition) is 3. The number of rotatable bonds is 3. The van der Waals surface area contributed by atoms with Gasteiger partial charge in [0.25, 0.3) is 0 Å². The van der Waals surface area contributed by atoms with Gasteiger partial charge in [-0.1, -0.05) is 15.9 Å². The van der Waals surface area contributed by atoms with E-state index in [1.54, 1.807) is 0 Å². The first-order valence-electron chi connectivity index (χ1n) is 6.89. The highest BCUT2D eigenvalue weighted by Crippen LogP contribution is 2.27. The molecule has 0 radical (unpaired) electrons. The Morgan fingerprint density at radius 2 is 2.11 bits per heavy atom. The van der Waals surface area contributed by atoms with Crippen molar-refractivity contribution in [2.45, 2.75) is 25.9 Å². The van der Waals surface area contributed by atoms with E-state index in [4.69, 9.17) is 0 Å². The number of nitrogens with zero attached hydrogens (tertiary/aromatic N) is 2. The van der Waals surface area contributed by atoms with Gasteiger partial charge in [0.05, 0.1) is 6.04 Å². The van der Waals surface area contributed by atoms with Gasteiger partial charge in [-0.15, -0.1) is 0 Å². The van der Waals surface area contributed by atoms with Gasteiger partial charge in [-0.2, -0.15) is 0 Å². The van der Waals surface area contributed by atoms with Gasteiger partial charge in [-0.3, -0.25) is 0 Å². The fourth-order valence-corrected chi connectivity index (χ4v) is 3.09. The third kappa shape index (κ3) is 3.50. The summed E-state index contributed by atoms with van der Waals surface area (Å²) in [4.78, 5) is 4.83. The fraction of sp³-hybridized carbons (Fsp3) is 0.600. The molecule has 4 heteroatoms. The lowest BCUT2D eigenvalue weighted by Crippen LogP contribution is -2.59. The molecule has 1 aromatic carbocycles. The van der Waals surface area contributed by atoms with E-state index in [1.165, 1.54) is 15.7 Å². The number of halogens is 1. The molecule has 1 aliphatic heterocycles. The first-order chi connectivity index (χ1) is 8.99. The van der Waals surface area contributed by atoms with Crippen LogP contribution in [0.5, 0.6) is 0 Å². The van der Waals surface area contributed by atoms with Crippen LogP contribution in [0.1, 0.15) is 12.5 Å². The maximum Gasteiger partial charge on any atom is 0.0544 e. The lowest BCUT2D eigenvalue weighted by atomic mass is 10.1. The van der Waals surface area contributed by atoms with Crippen molar-refractivity contribution in [2.24, 2.45) is 0 Å². The number of hydrogen-bond donors (Lipinski definition) is 1. The number of benzene rings is 1. The average Bonchev–Trinajstić information content (AvgIpc) is 2.32. The molecule has 0 aromatic heterocycles. The predicted molar refractivity (Wildman–Crippen MR) is 86.0 cm³/mol. The van der Waals surface area contributed by atoms with Crippen molar-refractivity contribution >= 4 is 21.6 Å². The molecule has 19 heavy (non-hydrogen) atoms. The molecule has 0 bridgehead atoms. The second kappa shape index (κ2) is 6.25. The second-order valence-corrected chi connectivity index (χ2v) is 6.62. The summed E-state index contributed by atoms with van der Waals surface area (Å²) in [5.74, 6) is 0. The first-order valence-corrected chi connectivity index (χ1v) is 7.68. The minimum absolute atomic E-state index is 0.527. The number of aryl methyl sites for hydroxylation is 1. The molecule has 2 unspecified atom stereocenters. The van der Waals surface area contributed by atoms with Gasteiger partial charge in [0.1, 0.15) is 0 Å². The molecule has 0 aliphatic carbocycles. The summed E-state index contributed by atoms with van der Waals surface area (Å²) in [6.45, 7) is 7.64. The molecule has 0 spiro atoms. The molecule has 1 heterocycles. The zero-order valence-electron chi connectivity index (χ0n) is 12.3. The summed E-state index contributed by atoms with van der Waals surface area (Å²) in [6, 6.07) is 7.72. The predicted octanol–water partition coefficient (Wildman–Crippen LogP) is 2.49. The number of anilines is 1. The van der Waals surface area contributed by atoms with Crippen LogP contribution in [0.3, 0.4) is 0 Å². The molecule has 1 saturated heterocycles. The molecular formula is C15H24BrN3. The molecule has 0 amide bonds. The average molecular weight is 326 g/mol. The van der Waals surface area contributed by atoms with Gasteiger partial charge in [-0.05, 0) is 51.7 Å². The molecule has 2 rings (SSSR count). The first kappa shape index (κ1) is 14.8. The maximum absolute atomic E-state index is 3.58. The topological polar surface area (TPSA) is 18.5 Å². The van der Waals surface area contributed by atoms with Crippen LogP contribution in [0.15, 0.2) is 22.7 Å². The largest absolute Gasteiger partial charge is 0.362 e. The Morgan fingerprint density at radius 3 is 2.74 bits per heavy atom. The monoisotopic (exact) mass is 325 g/mol. The third-order valence-electron chi connectivity index (χ3n) is 3.70.